The monoisotopic (exact) mass is 431 g/mol. The van der Waals surface area contributed by atoms with Crippen LogP contribution >= 0.6 is 43.2 Å². The summed E-state index contributed by atoms with van der Waals surface area (Å²) in [6.07, 6.45) is 0. The van der Waals surface area contributed by atoms with Gasteiger partial charge >= 0.3 is 5.97 Å². The Bertz CT molecular complexity index is 623. The number of anilines is 1. The van der Waals surface area contributed by atoms with E-state index in [2.05, 4.69) is 37.2 Å². The molecule has 2 aromatic rings. The van der Waals surface area contributed by atoms with Crippen LogP contribution in [0.2, 0.25) is 0 Å². The minimum atomic E-state index is -0.514. The van der Waals surface area contributed by atoms with Gasteiger partial charge in [-0.05, 0) is 69.5 Å². The lowest BCUT2D eigenvalue weighted by Gasteiger charge is -2.17. The maximum atomic E-state index is 12.2. The van der Waals surface area contributed by atoms with Gasteiger partial charge in [-0.3, -0.25) is 0 Å². The number of aryl methyl sites for hydroxylation is 1. The average molecular weight is 433 g/mol. The van der Waals surface area contributed by atoms with Gasteiger partial charge in [-0.15, -0.1) is 11.3 Å². The van der Waals surface area contributed by atoms with Crippen LogP contribution in [0.25, 0.3) is 0 Å². The smallest absolute Gasteiger partial charge is 0.334 e. The second kappa shape index (κ2) is 7.42. The molecule has 112 valence electrons. The summed E-state index contributed by atoms with van der Waals surface area (Å²) in [5.74, 6) is -0.278. The third-order valence-corrected chi connectivity index (χ3v) is 6.12. The van der Waals surface area contributed by atoms with E-state index in [0.29, 0.717) is 6.61 Å². The number of ether oxygens (including phenoxy) is 1. The number of halogens is 2. The zero-order valence-electron chi connectivity index (χ0n) is 11.7. The highest BCUT2D eigenvalue weighted by Crippen LogP contribution is 2.37. The third kappa shape index (κ3) is 4.31. The van der Waals surface area contributed by atoms with Crippen LogP contribution in [0.15, 0.2) is 38.6 Å². The number of nitrogens with one attached hydrogen (secondary N) is 1. The number of hydrogen-bond donors (Lipinski definition) is 1. The first kappa shape index (κ1) is 16.5. The van der Waals surface area contributed by atoms with Crippen molar-refractivity contribution >= 4 is 54.9 Å². The Morgan fingerprint density at radius 3 is 2.71 bits per heavy atom. The van der Waals surface area contributed by atoms with Crippen LogP contribution in [0.1, 0.15) is 23.4 Å². The van der Waals surface area contributed by atoms with Crippen LogP contribution in [0.3, 0.4) is 0 Å². The molecule has 0 fully saturated rings. The summed E-state index contributed by atoms with van der Waals surface area (Å²) >= 11 is 8.42. The molecule has 3 nitrogen and oxygen atoms in total. The number of esters is 1. The van der Waals surface area contributed by atoms with Crippen molar-refractivity contribution < 1.29 is 9.53 Å². The van der Waals surface area contributed by atoms with E-state index >= 15 is 0 Å². The first-order valence-corrected chi connectivity index (χ1v) is 8.86. The molecular formula is C15H15Br2NO2S. The minimum Gasteiger partial charge on any atom is -0.464 e. The fraction of sp³-hybridized carbons (Fsp3) is 0.267. The standard InChI is InChI=1S/C15H15Br2NO2S/c1-3-20-15(19)13(12-8-11(16)14(17)21-12)18-10-6-4-5-9(2)7-10/h4-8,13,18H,3H2,1-2H3. The Hall–Kier alpha value is -0.850. The van der Waals surface area contributed by atoms with E-state index in [1.165, 1.54) is 11.3 Å². The predicted molar refractivity (Wildman–Crippen MR) is 93.9 cm³/mol. The van der Waals surface area contributed by atoms with E-state index in [-0.39, 0.29) is 5.97 Å². The molecule has 21 heavy (non-hydrogen) atoms. The van der Waals surface area contributed by atoms with Crippen molar-refractivity contribution in [1.82, 2.24) is 0 Å². The number of benzene rings is 1. The van der Waals surface area contributed by atoms with E-state index in [4.69, 9.17) is 4.74 Å². The van der Waals surface area contributed by atoms with E-state index in [1.54, 1.807) is 0 Å². The molecule has 0 saturated heterocycles. The highest BCUT2D eigenvalue weighted by atomic mass is 79.9. The maximum absolute atomic E-state index is 12.2. The maximum Gasteiger partial charge on any atom is 0.334 e. The van der Waals surface area contributed by atoms with E-state index in [0.717, 1.165) is 24.4 Å². The molecule has 1 heterocycles. The summed E-state index contributed by atoms with van der Waals surface area (Å²) < 4.78 is 7.07. The molecule has 2 rings (SSSR count). The predicted octanol–water partition coefficient (Wildman–Crippen LogP) is 5.30. The van der Waals surface area contributed by atoms with E-state index in [1.807, 2.05) is 44.2 Å². The van der Waals surface area contributed by atoms with Crippen LogP contribution < -0.4 is 5.32 Å². The first-order valence-electron chi connectivity index (χ1n) is 6.45. The van der Waals surface area contributed by atoms with Gasteiger partial charge in [0.25, 0.3) is 0 Å². The van der Waals surface area contributed by atoms with Crippen LogP contribution in [0.4, 0.5) is 5.69 Å². The molecular weight excluding hydrogens is 418 g/mol. The zero-order chi connectivity index (χ0) is 15.4. The Labute approximate surface area is 145 Å². The van der Waals surface area contributed by atoms with Crippen LogP contribution in [-0.4, -0.2) is 12.6 Å². The lowest BCUT2D eigenvalue weighted by Crippen LogP contribution is -2.22. The average Bonchev–Trinajstić information content (AvgIpc) is 2.76. The van der Waals surface area contributed by atoms with Gasteiger partial charge in [-0.1, -0.05) is 12.1 Å². The number of carbonyl (C=O) groups is 1. The molecule has 1 aromatic carbocycles. The second-order valence-electron chi connectivity index (χ2n) is 4.47. The number of rotatable bonds is 5. The SMILES string of the molecule is CCOC(=O)C(Nc1cccc(C)c1)c1cc(Br)c(Br)s1. The van der Waals surface area contributed by atoms with Gasteiger partial charge in [-0.2, -0.15) is 0 Å². The molecule has 6 heteroatoms. The van der Waals surface area contributed by atoms with Gasteiger partial charge in [0.1, 0.15) is 0 Å². The molecule has 0 aliphatic carbocycles. The van der Waals surface area contributed by atoms with Crippen molar-refractivity contribution in [1.29, 1.82) is 0 Å². The van der Waals surface area contributed by atoms with Crippen molar-refractivity contribution in [2.45, 2.75) is 19.9 Å². The number of thiophene rings is 1. The van der Waals surface area contributed by atoms with Gasteiger partial charge < -0.3 is 10.1 Å². The molecule has 1 atom stereocenters. The largest absolute Gasteiger partial charge is 0.464 e. The van der Waals surface area contributed by atoms with Crippen molar-refractivity contribution in [3.8, 4) is 0 Å². The topological polar surface area (TPSA) is 38.3 Å². The van der Waals surface area contributed by atoms with Crippen LogP contribution in [-0.2, 0) is 9.53 Å². The Morgan fingerprint density at radius 2 is 2.14 bits per heavy atom. The molecule has 0 bridgehead atoms. The molecule has 0 aliphatic rings. The van der Waals surface area contributed by atoms with Gasteiger partial charge in [0.2, 0.25) is 0 Å². The Kier molecular flexibility index (Phi) is 5.84. The zero-order valence-corrected chi connectivity index (χ0v) is 15.6. The summed E-state index contributed by atoms with van der Waals surface area (Å²) in [5.41, 5.74) is 2.03. The summed E-state index contributed by atoms with van der Waals surface area (Å²) in [5, 5.41) is 3.26. The Morgan fingerprint density at radius 1 is 1.38 bits per heavy atom. The van der Waals surface area contributed by atoms with Gasteiger partial charge in [0.15, 0.2) is 6.04 Å². The van der Waals surface area contributed by atoms with Crippen molar-refractivity contribution in [2.75, 3.05) is 11.9 Å². The fourth-order valence-electron chi connectivity index (χ4n) is 1.88. The summed E-state index contributed by atoms with van der Waals surface area (Å²) in [6.45, 7) is 4.18. The summed E-state index contributed by atoms with van der Waals surface area (Å²) in [6, 6.07) is 9.34. The van der Waals surface area contributed by atoms with Gasteiger partial charge in [0, 0.05) is 15.0 Å². The van der Waals surface area contributed by atoms with E-state index in [9.17, 15) is 4.79 Å². The second-order valence-corrected chi connectivity index (χ2v) is 7.73. The molecule has 1 aromatic heterocycles. The van der Waals surface area contributed by atoms with Crippen molar-refractivity contribution in [2.24, 2.45) is 0 Å². The summed E-state index contributed by atoms with van der Waals surface area (Å²) in [4.78, 5) is 13.1. The molecule has 1 N–H and O–H groups in total. The lowest BCUT2D eigenvalue weighted by atomic mass is 10.2. The third-order valence-electron chi connectivity index (χ3n) is 2.80. The van der Waals surface area contributed by atoms with Crippen LogP contribution in [0, 0.1) is 6.92 Å². The molecule has 0 amide bonds. The fourth-order valence-corrected chi connectivity index (χ4v) is 4.01. The number of hydrogen-bond acceptors (Lipinski definition) is 4. The summed E-state index contributed by atoms with van der Waals surface area (Å²) in [7, 11) is 0. The lowest BCUT2D eigenvalue weighted by molar-refractivity contribution is -0.144. The molecule has 0 radical (unpaired) electrons. The highest BCUT2D eigenvalue weighted by Gasteiger charge is 2.24. The molecule has 0 aliphatic heterocycles. The normalized spacial score (nSPS) is 12.0. The number of carbonyl (C=O) groups excluding carboxylic acids is 1. The van der Waals surface area contributed by atoms with Gasteiger partial charge in [-0.25, -0.2) is 4.79 Å². The first-order chi connectivity index (χ1) is 10.0. The molecule has 0 saturated carbocycles. The Balaban J connectivity index is 2.30. The molecule has 0 spiro atoms. The quantitative estimate of drug-likeness (QED) is 0.651. The van der Waals surface area contributed by atoms with Crippen molar-refractivity contribution in [3.63, 3.8) is 0 Å². The van der Waals surface area contributed by atoms with Gasteiger partial charge in [0.05, 0.1) is 10.4 Å². The molecule has 1 unspecified atom stereocenters. The minimum absolute atomic E-state index is 0.278. The van der Waals surface area contributed by atoms with E-state index < -0.39 is 6.04 Å². The van der Waals surface area contributed by atoms with Crippen LogP contribution in [0.5, 0.6) is 0 Å². The highest BCUT2D eigenvalue weighted by molar-refractivity contribution is 9.13. The van der Waals surface area contributed by atoms with Crippen molar-refractivity contribution in [3.05, 3.63) is 49.0 Å².